The molecule has 1 saturated carbocycles. The van der Waals surface area contributed by atoms with Crippen molar-refractivity contribution in [3.05, 3.63) is 0 Å². The molecule has 0 radical (unpaired) electrons. The van der Waals surface area contributed by atoms with Crippen molar-refractivity contribution in [1.82, 2.24) is 4.90 Å². The summed E-state index contributed by atoms with van der Waals surface area (Å²) in [4.78, 5) is 14.6. The Morgan fingerprint density at radius 1 is 1.10 bits per heavy atom. The van der Waals surface area contributed by atoms with E-state index in [0.29, 0.717) is 30.9 Å². The second-order valence-corrected chi connectivity index (χ2v) is 6.58. The molecule has 1 amide bonds. The Morgan fingerprint density at radius 3 is 2.24 bits per heavy atom. The van der Waals surface area contributed by atoms with Gasteiger partial charge in [0.15, 0.2) is 0 Å². The quantitative estimate of drug-likeness (QED) is 0.795. The number of rotatable bonds is 2. The van der Waals surface area contributed by atoms with Crippen LogP contribution in [0.2, 0.25) is 0 Å². The molecule has 2 aliphatic rings. The first-order valence-electron chi connectivity index (χ1n) is 7.44. The van der Waals surface area contributed by atoms with Gasteiger partial charge in [-0.2, -0.15) is 13.2 Å². The van der Waals surface area contributed by atoms with Gasteiger partial charge in [0.05, 0.1) is 10.9 Å². The third-order valence-corrected chi connectivity index (χ3v) is 5.03. The second kappa shape index (κ2) is 6.50. The average molecular weight is 322 g/mol. The molecule has 7 heteroatoms. The summed E-state index contributed by atoms with van der Waals surface area (Å²) in [6.45, 7) is 1.10. The van der Waals surface area contributed by atoms with Crippen LogP contribution in [0.15, 0.2) is 0 Å². The number of alkyl halides is 3. The number of hydrogen-bond donors (Lipinski definition) is 1. The van der Waals surface area contributed by atoms with E-state index in [-0.39, 0.29) is 24.7 Å². The smallest absolute Gasteiger partial charge is 0.391 e. The Labute approximate surface area is 128 Å². The Balaban J connectivity index is 1.90. The van der Waals surface area contributed by atoms with Crippen molar-refractivity contribution in [3.63, 3.8) is 0 Å². The van der Waals surface area contributed by atoms with Crippen LogP contribution in [0.5, 0.6) is 0 Å². The SMILES string of the molecule is NC(=S)C1CCN(C(=O)C2CCCC(C(F)(F)F)C2)CC1. The van der Waals surface area contributed by atoms with Crippen molar-refractivity contribution in [2.45, 2.75) is 44.7 Å². The standard InChI is InChI=1S/C14H21F3N2OS/c15-14(16,17)11-3-1-2-10(8-11)13(20)19-6-4-9(5-7-19)12(18)21/h9-11H,1-8H2,(H2,18,21). The summed E-state index contributed by atoms with van der Waals surface area (Å²) in [5.74, 6) is -1.77. The summed E-state index contributed by atoms with van der Waals surface area (Å²) in [5, 5.41) is 0. The van der Waals surface area contributed by atoms with E-state index in [4.69, 9.17) is 18.0 Å². The summed E-state index contributed by atoms with van der Waals surface area (Å²) in [6.07, 6.45) is -1.61. The van der Waals surface area contributed by atoms with Crippen molar-refractivity contribution in [3.8, 4) is 0 Å². The molecule has 1 aliphatic carbocycles. The van der Waals surface area contributed by atoms with E-state index in [9.17, 15) is 18.0 Å². The number of hydrogen-bond acceptors (Lipinski definition) is 2. The van der Waals surface area contributed by atoms with E-state index in [1.807, 2.05) is 0 Å². The minimum Gasteiger partial charge on any atom is -0.393 e. The van der Waals surface area contributed by atoms with Gasteiger partial charge in [0, 0.05) is 24.9 Å². The molecule has 0 bridgehead atoms. The van der Waals surface area contributed by atoms with Gasteiger partial charge >= 0.3 is 6.18 Å². The van der Waals surface area contributed by atoms with Crippen LogP contribution >= 0.6 is 12.2 Å². The van der Waals surface area contributed by atoms with Crippen molar-refractivity contribution in [2.75, 3.05) is 13.1 Å². The van der Waals surface area contributed by atoms with E-state index >= 15 is 0 Å². The highest BCUT2D eigenvalue weighted by molar-refractivity contribution is 7.80. The molecule has 0 aromatic heterocycles. The summed E-state index contributed by atoms with van der Waals surface area (Å²) >= 11 is 4.95. The monoisotopic (exact) mass is 322 g/mol. The van der Waals surface area contributed by atoms with Crippen molar-refractivity contribution in [1.29, 1.82) is 0 Å². The van der Waals surface area contributed by atoms with Crippen LogP contribution in [-0.4, -0.2) is 35.1 Å². The molecule has 2 unspecified atom stereocenters. The number of amides is 1. The van der Waals surface area contributed by atoms with E-state index in [2.05, 4.69) is 0 Å². The van der Waals surface area contributed by atoms with Crippen LogP contribution in [0.25, 0.3) is 0 Å². The van der Waals surface area contributed by atoms with Gasteiger partial charge in [0.1, 0.15) is 0 Å². The molecule has 0 spiro atoms. The number of carbonyl (C=O) groups excluding carboxylic acids is 1. The fourth-order valence-electron chi connectivity index (χ4n) is 3.35. The first-order valence-corrected chi connectivity index (χ1v) is 7.84. The van der Waals surface area contributed by atoms with E-state index < -0.39 is 18.0 Å². The maximum absolute atomic E-state index is 12.8. The van der Waals surface area contributed by atoms with Gasteiger partial charge in [-0.05, 0) is 32.1 Å². The lowest BCUT2D eigenvalue weighted by Crippen LogP contribution is -2.45. The van der Waals surface area contributed by atoms with Crippen LogP contribution in [-0.2, 0) is 4.79 Å². The van der Waals surface area contributed by atoms with E-state index in [1.165, 1.54) is 0 Å². The third kappa shape index (κ3) is 4.08. The summed E-state index contributed by atoms with van der Waals surface area (Å²) in [7, 11) is 0. The molecule has 2 fully saturated rings. The average Bonchev–Trinajstić information content (AvgIpc) is 2.46. The molecule has 1 heterocycles. The van der Waals surface area contributed by atoms with Crippen molar-refractivity contribution >= 4 is 23.1 Å². The Kier molecular flexibility index (Phi) is 5.11. The van der Waals surface area contributed by atoms with Gasteiger partial charge < -0.3 is 10.6 Å². The van der Waals surface area contributed by atoms with Gasteiger partial charge in [0.25, 0.3) is 0 Å². The molecular weight excluding hydrogens is 301 g/mol. The van der Waals surface area contributed by atoms with E-state index in [1.54, 1.807) is 4.90 Å². The molecular formula is C14H21F3N2OS. The van der Waals surface area contributed by atoms with E-state index in [0.717, 1.165) is 12.8 Å². The molecule has 1 aliphatic heterocycles. The maximum atomic E-state index is 12.8. The highest BCUT2D eigenvalue weighted by Crippen LogP contribution is 2.40. The first-order chi connectivity index (χ1) is 9.79. The molecule has 2 N–H and O–H groups in total. The fraction of sp³-hybridized carbons (Fsp3) is 0.857. The molecule has 120 valence electrons. The molecule has 3 nitrogen and oxygen atoms in total. The number of halogens is 3. The lowest BCUT2D eigenvalue weighted by atomic mass is 9.80. The Hall–Kier alpha value is -0.850. The predicted octanol–water partition coefficient (Wildman–Crippen LogP) is 2.88. The normalized spacial score (nSPS) is 28.4. The van der Waals surface area contributed by atoms with Crippen LogP contribution in [0.1, 0.15) is 38.5 Å². The highest BCUT2D eigenvalue weighted by Gasteiger charge is 2.44. The van der Waals surface area contributed by atoms with Crippen LogP contribution in [0.3, 0.4) is 0 Å². The lowest BCUT2D eigenvalue weighted by molar-refractivity contribution is -0.187. The largest absolute Gasteiger partial charge is 0.393 e. The summed E-state index contributed by atoms with van der Waals surface area (Å²) in [6, 6.07) is 0. The summed E-state index contributed by atoms with van der Waals surface area (Å²) in [5.41, 5.74) is 5.60. The Morgan fingerprint density at radius 2 is 1.71 bits per heavy atom. The molecule has 1 saturated heterocycles. The van der Waals surface area contributed by atoms with Crippen molar-refractivity contribution in [2.24, 2.45) is 23.5 Å². The minimum atomic E-state index is -4.18. The Bertz CT molecular complexity index is 406. The molecule has 0 aromatic rings. The number of piperidine rings is 1. The zero-order valence-corrected chi connectivity index (χ0v) is 12.7. The summed E-state index contributed by atoms with van der Waals surface area (Å²) < 4.78 is 38.4. The molecule has 2 rings (SSSR count). The van der Waals surface area contributed by atoms with Gasteiger partial charge in [-0.1, -0.05) is 18.6 Å². The number of nitrogens with zero attached hydrogens (tertiary/aromatic N) is 1. The van der Waals surface area contributed by atoms with Crippen LogP contribution < -0.4 is 5.73 Å². The maximum Gasteiger partial charge on any atom is 0.391 e. The second-order valence-electron chi connectivity index (χ2n) is 6.10. The zero-order chi connectivity index (χ0) is 15.6. The van der Waals surface area contributed by atoms with Crippen LogP contribution in [0, 0.1) is 17.8 Å². The van der Waals surface area contributed by atoms with Crippen LogP contribution in [0.4, 0.5) is 13.2 Å². The molecule has 0 aromatic carbocycles. The number of carbonyl (C=O) groups is 1. The molecule has 21 heavy (non-hydrogen) atoms. The fourth-order valence-corrected chi connectivity index (χ4v) is 3.59. The first kappa shape index (κ1) is 16.5. The topological polar surface area (TPSA) is 46.3 Å². The van der Waals surface area contributed by atoms with Gasteiger partial charge in [0.2, 0.25) is 5.91 Å². The van der Waals surface area contributed by atoms with Crippen molar-refractivity contribution < 1.29 is 18.0 Å². The zero-order valence-electron chi connectivity index (χ0n) is 11.9. The number of likely N-dealkylation sites (tertiary alicyclic amines) is 1. The number of thiocarbonyl (C=S) groups is 1. The van der Waals surface area contributed by atoms with Gasteiger partial charge in [-0.3, -0.25) is 4.79 Å². The third-order valence-electron chi connectivity index (χ3n) is 4.70. The van der Waals surface area contributed by atoms with Gasteiger partial charge in [-0.15, -0.1) is 0 Å². The minimum absolute atomic E-state index is 0.0580. The highest BCUT2D eigenvalue weighted by atomic mass is 32.1. The number of nitrogens with two attached hydrogens (primary N) is 1. The lowest BCUT2D eigenvalue weighted by Gasteiger charge is -2.36. The van der Waals surface area contributed by atoms with Gasteiger partial charge in [-0.25, -0.2) is 0 Å². The molecule has 2 atom stereocenters. The predicted molar refractivity (Wildman–Crippen MR) is 77.6 cm³/mol.